The Morgan fingerprint density at radius 1 is 1.39 bits per heavy atom. The fraction of sp³-hybridized carbons (Fsp3) is 0.538. The normalized spacial score (nSPS) is 11.0. The SMILES string of the molecule is CC(C)CN(c1nc(C(=O)O)ccc1N)C(C)C. The molecule has 1 aromatic rings. The summed E-state index contributed by atoms with van der Waals surface area (Å²) in [5.41, 5.74) is 6.44. The molecule has 0 saturated heterocycles. The van der Waals surface area contributed by atoms with Crippen molar-refractivity contribution in [3.63, 3.8) is 0 Å². The predicted octanol–water partition coefficient (Wildman–Crippen LogP) is 2.23. The van der Waals surface area contributed by atoms with Gasteiger partial charge in [0.25, 0.3) is 0 Å². The number of rotatable bonds is 5. The lowest BCUT2D eigenvalue weighted by Gasteiger charge is -2.30. The first-order valence-electron chi connectivity index (χ1n) is 6.09. The van der Waals surface area contributed by atoms with Crippen LogP contribution in [-0.4, -0.2) is 28.6 Å². The van der Waals surface area contributed by atoms with E-state index in [0.29, 0.717) is 17.4 Å². The van der Waals surface area contributed by atoms with Gasteiger partial charge in [0.15, 0.2) is 11.5 Å². The predicted molar refractivity (Wildman–Crippen MR) is 72.9 cm³/mol. The number of aromatic nitrogens is 1. The minimum absolute atomic E-state index is 0.0219. The van der Waals surface area contributed by atoms with E-state index >= 15 is 0 Å². The van der Waals surface area contributed by atoms with Gasteiger partial charge in [-0.1, -0.05) is 13.8 Å². The van der Waals surface area contributed by atoms with E-state index in [2.05, 4.69) is 18.8 Å². The van der Waals surface area contributed by atoms with E-state index in [-0.39, 0.29) is 11.7 Å². The molecule has 0 fully saturated rings. The lowest BCUT2D eigenvalue weighted by Crippen LogP contribution is -2.35. The van der Waals surface area contributed by atoms with Crippen molar-refractivity contribution in [2.45, 2.75) is 33.7 Å². The summed E-state index contributed by atoms with van der Waals surface area (Å²) < 4.78 is 0. The van der Waals surface area contributed by atoms with Gasteiger partial charge in [0.05, 0.1) is 5.69 Å². The molecule has 0 aliphatic heterocycles. The quantitative estimate of drug-likeness (QED) is 0.839. The lowest BCUT2D eigenvalue weighted by molar-refractivity contribution is 0.0690. The molecule has 0 amide bonds. The highest BCUT2D eigenvalue weighted by Gasteiger charge is 2.18. The second-order valence-corrected chi connectivity index (χ2v) is 5.05. The fourth-order valence-corrected chi connectivity index (χ4v) is 1.74. The first kappa shape index (κ1) is 14.3. The maximum atomic E-state index is 11.0. The van der Waals surface area contributed by atoms with Crippen LogP contribution < -0.4 is 10.6 Å². The van der Waals surface area contributed by atoms with Crippen molar-refractivity contribution in [2.24, 2.45) is 5.92 Å². The standard InChI is InChI=1S/C13H21N3O2/c1-8(2)7-16(9(3)4)12-10(14)5-6-11(15-12)13(17)18/h5-6,8-9H,7,14H2,1-4H3,(H,17,18). The number of carboxylic acid groups (broad SMARTS) is 1. The average molecular weight is 251 g/mol. The fourth-order valence-electron chi connectivity index (χ4n) is 1.74. The highest BCUT2D eigenvalue weighted by atomic mass is 16.4. The topological polar surface area (TPSA) is 79.5 Å². The van der Waals surface area contributed by atoms with E-state index in [9.17, 15) is 4.79 Å². The first-order valence-corrected chi connectivity index (χ1v) is 6.09. The highest BCUT2D eigenvalue weighted by molar-refractivity contribution is 5.87. The second kappa shape index (κ2) is 5.71. The van der Waals surface area contributed by atoms with E-state index < -0.39 is 5.97 Å². The van der Waals surface area contributed by atoms with Crippen molar-refractivity contribution >= 4 is 17.5 Å². The van der Waals surface area contributed by atoms with Gasteiger partial charge < -0.3 is 15.7 Å². The van der Waals surface area contributed by atoms with Crippen molar-refractivity contribution < 1.29 is 9.90 Å². The zero-order valence-corrected chi connectivity index (χ0v) is 11.3. The minimum atomic E-state index is -1.04. The van der Waals surface area contributed by atoms with Crippen LogP contribution in [0.1, 0.15) is 38.2 Å². The molecule has 0 saturated carbocycles. The molecule has 18 heavy (non-hydrogen) atoms. The monoisotopic (exact) mass is 251 g/mol. The number of carbonyl (C=O) groups is 1. The molecule has 0 spiro atoms. The van der Waals surface area contributed by atoms with E-state index in [1.807, 2.05) is 18.7 Å². The Labute approximate surface area is 108 Å². The average Bonchev–Trinajstić information content (AvgIpc) is 2.26. The number of anilines is 2. The van der Waals surface area contributed by atoms with Gasteiger partial charge in [-0.25, -0.2) is 9.78 Å². The van der Waals surface area contributed by atoms with E-state index in [0.717, 1.165) is 6.54 Å². The summed E-state index contributed by atoms with van der Waals surface area (Å²) in [5, 5.41) is 8.98. The van der Waals surface area contributed by atoms with Crippen LogP contribution in [0.3, 0.4) is 0 Å². The zero-order valence-electron chi connectivity index (χ0n) is 11.3. The molecule has 0 unspecified atom stereocenters. The number of aromatic carboxylic acids is 1. The summed E-state index contributed by atoms with van der Waals surface area (Å²) in [6.45, 7) is 9.07. The van der Waals surface area contributed by atoms with Crippen LogP contribution in [0.15, 0.2) is 12.1 Å². The Morgan fingerprint density at radius 2 is 2.00 bits per heavy atom. The van der Waals surface area contributed by atoms with Crippen molar-refractivity contribution in [3.8, 4) is 0 Å². The molecule has 100 valence electrons. The summed E-state index contributed by atoms with van der Waals surface area (Å²) in [6, 6.07) is 3.24. The van der Waals surface area contributed by atoms with Gasteiger partial charge in [0.1, 0.15) is 0 Å². The van der Waals surface area contributed by atoms with Gasteiger partial charge in [-0.3, -0.25) is 0 Å². The Hall–Kier alpha value is -1.78. The number of nitrogens with two attached hydrogens (primary N) is 1. The number of carboxylic acids is 1. The van der Waals surface area contributed by atoms with Crippen molar-refractivity contribution in [3.05, 3.63) is 17.8 Å². The van der Waals surface area contributed by atoms with Crippen LogP contribution in [0.5, 0.6) is 0 Å². The molecule has 3 N–H and O–H groups in total. The van der Waals surface area contributed by atoms with Crippen LogP contribution in [-0.2, 0) is 0 Å². The molecule has 0 atom stereocenters. The molecule has 1 heterocycles. The molecular weight excluding hydrogens is 230 g/mol. The highest BCUT2D eigenvalue weighted by Crippen LogP contribution is 2.24. The van der Waals surface area contributed by atoms with Gasteiger partial charge in [0.2, 0.25) is 0 Å². The molecule has 1 aromatic heterocycles. The largest absolute Gasteiger partial charge is 0.477 e. The Kier molecular flexibility index (Phi) is 4.53. The van der Waals surface area contributed by atoms with Crippen LogP contribution in [0.4, 0.5) is 11.5 Å². The summed E-state index contributed by atoms with van der Waals surface area (Å²) >= 11 is 0. The zero-order chi connectivity index (χ0) is 13.9. The molecule has 5 heteroatoms. The van der Waals surface area contributed by atoms with E-state index in [4.69, 9.17) is 10.8 Å². The minimum Gasteiger partial charge on any atom is -0.477 e. The molecule has 0 bridgehead atoms. The van der Waals surface area contributed by atoms with Gasteiger partial charge in [-0.05, 0) is 31.9 Å². The molecule has 0 aromatic carbocycles. The van der Waals surface area contributed by atoms with Gasteiger partial charge in [-0.2, -0.15) is 0 Å². The molecule has 0 aliphatic rings. The number of nitrogen functional groups attached to an aromatic ring is 1. The summed E-state index contributed by atoms with van der Waals surface area (Å²) in [7, 11) is 0. The Balaban J connectivity index is 3.17. The third-order valence-electron chi connectivity index (χ3n) is 2.58. The number of nitrogens with zero attached hydrogens (tertiary/aromatic N) is 2. The van der Waals surface area contributed by atoms with Crippen molar-refractivity contribution in [1.29, 1.82) is 0 Å². The van der Waals surface area contributed by atoms with Crippen molar-refractivity contribution in [1.82, 2.24) is 4.98 Å². The maximum Gasteiger partial charge on any atom is 0.354 e. The van der Waals surface area contributed by atoms with Crippen LogP contribution >= 0.6 is 0 Å². The van der Waals surface area contributed by atoms with Crippen molar-refractivity contribution in [2.75, 3.05) is 17.2 Å². The number of hydrogen-bond acceptors (Lipinski definition) is 4. The Bertz CT molecular complexity index is 430. The summed E-state index contributed by atoms with van der Waals surface area (Å²) in [5.74, 6) is -0.0369. The molecular formula is C13H21N3O2. The second-order valence-electron chi connectivity index (χ2n) is 5.05. The van der Waals surface area contributed by atoms with Crippen LogP contribution in [0.2, 0.25) is 0 Å². The third kappa shape index (κ3) is 3.35. The summed E-state index contributed by atoms with van der Waals surface area (Å²) in [4.78, 5) is 17.1. The Morgan fingerprint density at radius 3 is 2.44 bits per heavy atom. The van der Waals surface area contributed by atoms with Crippen LogP contribution in [0, 0.1) is 5.92 Å². The van der Waals surface area contributed by atoms with E-state index in [1.54, 1.807) is 6.07 Å². The van der Waals surface area contributed by atoms with Gasteiger partial charge in [0, 0.05) is 12.6 Å². The maximum absolute atomic E-state index is 11.0. The number of hydrogen-bond donors (Lipinski definition) is 2. The molecule has 0 aliphatic carbocycles. The number of pyridine rings is 1. The summed E-state index contributed by atoms with van der Waals surface area (Å²) in [6.07, 6.45) is 0. The molecule has 1 rings (SSSR count). The lowest BCUT2D eigenvalue weighted by atomic mass is 10.1. The molecule has 0 radical (unpaired) electrons. The first-order chi connectivity index (χ1) is 8.32. The molecule has 5 nitrogen and oxygen atoms in total. The third-order valence-corrected chi connectivity index (χ3v) is 2.58. The van der Waals surface area contributed by atoms with E-state index in [1.165, 1.54) is 6.07 Å². The van der Waals surface area contributed by atoms with Crippen LogP contribution in [0.25, 0.3) is 0 Å². The smallest absolute Gasteiger partial charge is 0.354 e. The van der Waals surface area contributed by atoms with Gasteiger partial charge >= 0.3 is 5.97 Å². The van der Waals surface area contributed by atoms with Gasteiger partial charge in [-0.15, -0.1) is 0 Å².